The van der Waals surface area contributed by atoms with Crippen LogP contribution in [0.15, 0.2) is 60.7 Å². The standard InChI is InChI=1S/C34H43N3O4S/c1-22-11-9-16-28(23(22)2)30(31(38)35-26-18-17-24-12-7-8-13-25(24)21-26)37(27-14-10-15-27)32(39)29(19-20-42-6)36-33(40)41-34(3,4)5/h7-9,11-13,16-18,21,27,29-30H,10,14-15,19-20H2,1-6H3,(H,35,38)(H,36,40). The zero-order chi connectivity index (χ0) is 30.4. The number of benzene rings is 3. The van der Waals surface area contributed by atoms with Gasteiger partial charge in [0, 0.05) is 11.7 Å². The minimum Gasteiger partial charge on any atom is -0.444 e. The molecular weight excluding hydrogens is 546 g/mol. The number of rotatable bonds is 10. The van der Waals surface area contributed by atoms with Crippen molar-refractivity contribution < 1.29 is 19.1 Å². The van der Waals surface area contributed by atoms with Crippen LogP contribution in [0.4, 0.5) is 10.5 Å². The number of hydrogen-bond donors (Lipinski definition) is 2. The van der Waals surface area contributed by atoms with Crippen molar-refractivity contribution in [1.82, 2.24) is 10.2 Å². The molecule has 2 atom stereocenters. The average molecular weight is 590 g/mol. The molecule has 4 rings (SSSR count). The molecule has 2 N–H and O–H groups in total. The van der Waals surface area contributed by atoms with E-state index >= 15 is 0 Å². The third-order valence-corrected chi connectivity index (χ3v) is 8.45. The number of aryl methyl sites for hydroxylation is 1. The van der Waals surface area contributed by atoms with E-state index in [2.05, 4.69) is 10.6 Å². The van der Waals surface area contributed by atoms with Gasteiger partial charge >= 0.3 is 6.09 Å². The zero-order valence-electron chi connectivity index (χ0n) is 25.5. The maximum absolute atomic E-state index is 14.5. The number of carbonyl (C=O) groups is 3. The molecule has 3 amide bonds. The van der Waals surface area contributed by atoms with Crippen LogP contribution in [0.5, 0.6) is 0 Å². The summed E-state index contributed by atoms with van der Waals surface area (Å²) in [7, 11) is 0. The highest BCUT2D eigenvalue weighted by atomic mass is 32.2. The molecule has 42 heavy (non-hydrogen) atoms. The molecule has 0 radical (unpaired) electrons. The average Bonchev–Trinajstić information content (AvgIpc) is 2.90. The Labute approximate surface area is 253 Å². The molecule has 2 unspecified atom stereocenters. The first kappa shape index (κ1) is 31.4. The van der Waals surface area contributed by atoms with E-state index in [0.29, 0.717) is 17.9 Å². The van der Waals surface area contributed by atoms with Crippen LogP contribution in [0, 0.1) is 13.8 Å². The molecule has 0 bridgehead atoms. The van der Waals surface area contributed by atoms with E-state index in [1.165, 1.54) is 0 Å². The van der Waals surface area contributed by atoms with E-state index in [4.69, 9.17) is 4.74 Å². The van der Waals surface area contributed by atoms with Gasteiger partial charge in [-0.25, -0.2) is 4.79 Å². The maximum atomic E-state index is 14.5. The number of alkyl carbamates (subject to hydrolysis) is 1. The summed E-state index contributed by atoms with van der Waals surface area (Å²) in [6, 6.07) is 17.9. The van der Waals surface area contributed by atoms with Gasteiger partial charge in [0.15, 0.2) is 0 Å². The Morgan fingerprint density at radius 1 is 1.00 bits per heavy atom. The Morgan fingerprint density at radius 3 is 2.36 bits per heavy atom. The summed E-state index contributed by atoms with van der Waals surface area (Å²) in [5.41, 5.74) is 2.76. The van der Waals surface area contributed by atoms with Gasteiger partial charge in [-0.1, -0.05) is 48.5 Å². The number of ether oxygens (including phenoxy) is 1. The van der Waals surface area contributed by atoms with Crippen LogP contribution in [0.3, 0.4) is 0 Å². The van der Waals surface area contributed by atoms with Crippen LogP contribution in [0.1, 0.15) is 69.2 Å². The number of nitrogens with one attached hydrogen (secondary N) is 2. The lowest BCUT2D eigenvalue weighted by Gasteiger charge is -2.44. The highest BCUT2D eigenvalue weighted by Crippen LogP contribution is 2.36. The van der Waals surface area contributed by atoms with Gasteiger partial charge in [-0.05, 0) is 112 Å². The molecule has 1 aliphatic carbocycles. The van der Waals surface area contributed by atoms with Gasteiger partial charge in [0.25, 0.3) is 5.91 Å². The molecule has 3 aromatic rings. The Hall–Kier alpha value is -3.52. The Bertz CT molecular complexity index is 1430. The van der Waals surface area contributed by atoms with Crippen molar-refractivity contribution >= 4 is 46.1 Å². The highest BCUT2D eigenvalue weighted by Gasteiger charge is 2.42. The van der Waals surface area contributed by atoms with Crippen LogP contribution in [0.25, 0.3) is 10.8 Å². The summed E-state index contributed by atoms with van der Waals surface area (Å²) >= 11 is 1.60. The topological polar surface area (TPSA) is 87.7 Å². The summed E-state index contributed by atoms with van der Waals surface area (Å²) in [5, 5.41) is 8.06. The van der Waals surface area contributed by atoms with Crippen molar-refractivity contribution in [2.45, 2.75) is 84.0 Å². The van der Waals surface area contributed by atoms with Gasteiger partial charge in [0.1, 0.15) is 17.7 Å². The summed E-state index contributed by atoms with van der Waals surface area (Å²) in [6.45, 7) is 9.38. The van der Waals surface area contributed by atoms with Crippen LogP contribution >= 0.6 is 11.8 Å². The SMILES string of the molecule is CSCCC(NC(=O)OC(C)(C)C)C(=O)N(C1CCC1)C(C(=O)Nc1ccc2ccccc2c1)c1cccc(C)c1C. The van der Waals surface area contributed by atoms with Crippen LogP contribution in [-0.2, 0) is 14.3 Å². The first-order chi connectivity index (χ1) is 20.0. The molecule has 3 aromatic carbocycles. The Kier molecular flexibility index (Phi) is 10.2. The van der Waals surface area contributed by atoms with Gasteiger partial charge in [-0.2, -0.15) is 11.8 Å². The molecular formula is C34H43N3O4S. The predicted octanol–water partition coefficient (Wildman–Crippen LogP) is 7.16. The van der Waals surface area contributed by atoms with E-state index in [1.54, 1.807) is 37.4 Å². The number of anilines is 1. The molecule has 0 aromatic heterocycles. The van der Waals surface area contributed by atoms with Gasteiger partial charge < -0.3 is 20.3 Å². The molecule has 224 valence electrons. The van der Waals surface area contributed by atoms with E-state index in [0.717, 1.165) is 46.7 Å². The van der Waals surface area contributed by atoms with Gasteiger partial charge in [0.2, 0.25) is 5.91 Å². The lowest BCUT2D eigenvalue weighted by molar-refractivity contribution is -0.145. The fourth-order valence-electron chi connectivity index (χ4n) is 5.27. The van der Waals surface area contributed by atoms with E-state index in [-0.39, 0.29) is 17.9 Å². The summed E-state index contributed by atoms with van der Waals surface area (Å²) in [5.74, 6) is 0.126. The number of nitrogens with zero attached hydrogens (tertiary/aromatic N) is 1. The summed E-state index contributed by atoms with van der Waals surface area (Å²) < 4.78 is 5.51. The van der Waals surface area contributed by atoms with Crippen molar-refractivity contribution in [2.24, 2.45) is 0 Å². The minimum absolute atomic E-state index is 0.109. The van der Waals surface area contributed by atoms with E-state index < -0.39 is 23.8 Å². The molecule has 1 fully saturated rings. The molecule has 1 aliphatic rings. The number of carbonyl (C=O) groups excluding carboxylic acids is 3. The molecule has 1 saturated carbocycles. The van der Waals surface area contributed by atoms with Gasteiger partial charge in [-0.3, -0.25) is 9.59 Å². The first-order valence-corrected chi connectivity index (χ1v) is 16.0. The van der Waals surface area contributed by atoms with Crippen LogP contribution < -0.4 is 10.6 Å². The van der Waals surface area contributed by atoms with Crippen molar-refractivity contribution in [1.29, 1.82) is 0 Å². The van der Waals surface area contributed by atoms with E-state index in [9.17, 15) is 14.4 Å². The largest absolute Gasteiger partial charge is 0.444 e. The summed E-state index contributed by atoms with van der Waals surface area (Å²) in [6.07, 6.45) is 4.34. The summed E-state index contributed by atoms with van der Waals surface area (Å²) in [4.78, 5) is 43.4. The molecule has 0 spiro atoms. The third kappa shape index (κ3) is 7.65. The lowest BCUT2D eigenvalue weighted by atomic mass is 9.86. The van der Waals surface area contributed by atoms with E-state index in [1.807, 2.05) is 80.8 Å². The number of fused-ring (bicyclic) bond motifs is 1. The quantitative estimate of drug-likeness (QED) is 0.262. The van der Waals surface area contributed by atoms with Crippen molar-refractivity contribution in [3.8, 4) is 0 Å². The van der Waals surface area contributed by atoms with Crippen molar-refractivity contribution in [3.05, 3.63) is 77.4 Å². The second kappa shape index (κ2) is 13.6. The van der Waals surface area contributed by atoms with Crippen molar-refractivity contribution in [3.63, 3.8) is 0 Å². The number of thioether (sulfide) groups is 1. The smallest absolute Gasteiger partial charge is 0.408 e. The number of amides is 3. The maximum Gasteiger partial charge on any atom is 0.408 e. The normalized spacial score (nSPS) is 14.9. The fourth-order valence-corrected chi connectivity index (χ4v) is 5.74. The number of hydrogen-bond acceptors (Lipinski definition) is 5. The molecule has 0 heterocycles. The van der Waals surface area contributed by atoms with Crippen LogP contribution in [-0.4, -0.2) is 52.5 Å². The predicted molar refractivity (Wildman–Crippen MR) is 172 cm³/mol. The fraction of sp³-hybridized carbons (Fsp3) is 0.441. The zero-order valence-corrected chi connectivity index (χ0v) is 26.3. The van der Waals surface area contributed by atoms with Crippen LogP contribution in [0.2, 0.25) is 0 Å². The van der Waals surface area contributed by atoms with Crippen molar-refractivity contribution in [2.75, 3.05) is 17.3 Å². The molecule has 8 heteroatoms. The lowest BCUT2D eigenvalue weighted by Crippen LogP contribution is -2.57. The minimum atomic E-state index is -0.869. The molecule has 7 nitrogen and oxygen atoms in total. The van der Waals surface area contributed by atoms with Gasteiger partial charge in [-0.15, -0.1) is 0 Å². The Morgan fingerprint density at radius 2 is 1.71 bits per heavy atom. The Balaban J connectivity index is 1.74. The monoisotopic (exact) mass is 589 g/mol. The second-order valence-electron chi connectivity index (χ2n) is 12.1. The second-order valence-corrected chi connectivity index (χ2v) is 13.0. The highest BCUT2D eigenvalue weighted by molar-refractivity contribution is 7.98. The van der Waals surface area contributed by atoms with Gasteiger partial charge in [0.05, 0.1) is 0 Å². The molecule has 0 saturated heterocycles. The third-order valence-electron chi connectivity index (χ3n) is 7.81. The first-order valence-electron chi connectivity index (χ1n) is 14.6. The molecule has 0 aliphatic heterocycles.